The van der Waals surface area contributed by atoms with E-state index in [4.69, 9.17) is 4.74 Å². The molecule has 5 nitrogen and oxygen atoms in total. The van der Waals surface area contributed by atoms with Crippen molar-refractivity contribution >= 4 is 17.5 Å². The van der Waals surface area contributed by atoms with Crippen molar-refractivity contribution in [3.8, 4) is 5.75 Å². The minimum atomic E-state index is -0.320. The quantitative estimate of drug-likeness (QED) is 0.762. The zero-order valence-corrected chi connectivity index (χ0v) is 14.9. The smallest absolute Gasteiger partial charge is 0.233 e. The van der Waals surface area contributed by atoms with Crippen molar-refractivity contribution < 1.29 is 14.3 Å². The molecule has 2 rings (SSSR count). The highest BCUT2D eigenvalue weighted by atomic mass is 16.5. The molecule has 0 saturated heterocycles. The van der Waals surface area contributed by atoms with Gasteiger partial charge in [0.1, 0.15) is 12.2 Å². The molecule has 0 bridgehead atoms. The maximum absolute atomic E-state index is 12.0. The van der Waals surface area contributed by atoms with Gasteiger partial charge in [0.25, 0.3) is 0 Å². The highest BCUT2D eigenvalue weighted by molar-refractivity contribution is 6.03. The fourth-order valence-electron chi connectivity index (χ4n) is 2.71. The zero-order valence-electron chi connectivity index (χ0n) is 14.9. The number of anilines is 1. The summed E-state index contributed by atoms with van der Waals surface area (Å²) in [4.78, 5) is 23.9. The first kappa shape index (κ1) is 18.5. The van der Waals surface area contributed by atoms with Gasteiger partial charge < -0.3 is 15.4 Å². The van der Waals surface area contributed by atoms with Gasteiger partial charge in [-0.15, -0.1) is 0 Å². The Labute approximate surface area is 148 Å². The summed E-state index contributed by atoms with van der Waals surface area (Å²) in [6, 6.07) is 13.5. The monoisotopic (exact) mass is 340 g/mol. The Morgan fingerprint density at radius 3 is 2.36 bits per heavy atom. The molecule has 2 aromatic carbocycles. The Balaban J connectivity index is 1.78. The Kier molecular flexibility index (Phi) is 6.57. The molecule has 0 saturated carbocycles. The molecular formula is C20H24N2O3. The van der Waals surface area contributed by atoms with Gasteiger partial charge in [-0.3, -0.25) is 9.59 Å². The van der Waals surface area contributed by atoms with Crippen molar-refractivity contribution in [1.82, 2.24) is 5.32 Å². The molecule has 0 unspecified atom stereocenters. The summed E-state index contributed by atoms with van der Waals surface area (Å²) in [5, 5.41) is 5.53. The predicted octanol–water partition coefficient (Wildman–Crippen LogP) is 3.00. The second-order valence-electron chi connectivity index (χ2n) is 6.01. The number of para-hydroxylation sites is 1. The zero-order chi connectivity index (χ0) is 18.2. The molecule has 0 aliphatic rings. The predicted molar refractivity (Wildman–Crippen MR) is 98.9 cm³/mol. The third-order valence-electron chi connectivity index (χ3n) is 3.74. The van der Waals surface area contributed by atoms with Gasteiger partial charge in [-0.05, 0) is 55.2 Å². The largest absolute Gasteiger partial charge is 0.496 e. The molecule has 0 aromatic heterocycles. The molecule has 132 valence electrons. The number of hydrogen-bond donors (Lipinski definition) is 2. The van der Waals surface area contributed by atoms with Crippen LogP contribution in [0.25, 0.3) is 0 Å². The third kappa shape index (κ3) is 5.95. The highest BCUT2D eigenvalue weighted by Crippen LogP contribution is 2.17. The van der Waals surface area contributed by atoms with Crippen molar-refractivity contribution in [3.63, 3.8) is 0 Å². The molecule has 0 fully saturated rings. The Hall–Kier alpha value is -2.82. The first-order valence-electron chi connectivity index (χ1n) is 8.24. The fourth-order valence-corrected chi connectivity index (χ4v) is 2.71. The molecule has 0 aliphatic carbocycles. The molecule has 0 radical (unpaired) electrons. The number of rotatable bonds is 7. The normalized spacial score (nSPS) is 10.2. The third-order valence-corrected chi connectivity index (χ3v) is 3.74. The van der Waals surface area contributed by atoms with Crippen LogP contribution in [0.4, 0.5) is 5.69 Å². The highest BCUT2D eigenvalue weighted by Gasteiger charge is 2.10. The summed E-state index contributed by atoms with van der Waals surface area (Å²) >= 11 is 0. The van der Waals surface area contributed by atoms with Crippen LogP contribution in [-0.4, -0.2) is 25.5 Å². The van der Waals surface area contributed by atoms with E-state index in [-0.39, 0.29) is 18.2 Å². The van der Waals surface area contributed by atoms with E-state index < -0.39 is 0 Å². The molecule has 0 aliphatic heterocycles. The molecule has 5 heteroatoms. The van der Waals surface area contributed by atoms with Crippen LogP contribution in [0.5, 0.6) is 5.75 Å². The number of hydrogen-bond acceptors (Lipinski definition) is 3. The molecule has 0 spiro atoms. The molecule has 25 heavy (non-hydrogen) atoms. The van der Waals surface area contributed by atoms with Gasteiger partial charge in [0.15, 0.2) is 0 Å². The SMILES string of the molecule is COc1ccccc1CCNC(=O)CC(=O)Nc1cc(C)cc(C)c1. The lowest BCUT2D eigenvalue weighted by atomic mass is 10.1. The number of benzene rings is 2. The first-order chi connectivity index (χ1) is 12.0. The minimum absolute atomic E-state index is 0.196. The summed E-state index contributed by atoms with van der Waals surface area (Å²) in [5.74, 6) is 0.181. The van der Waals surface area contributed by atoms with Gasteiger partial charge in [-0.25, -0.2) is 0 Å². The lowest BCUT2D eigenvalue weighted by Gasteiger charge is -2.10. The topological polar surface area (TPSA) is 67.4 Å². The van der Waals surface area contributed by atoms with E-state index in [9.17, 15) is 9.59 Å². The summed E-state index contributed by atoms with van der Waals surface area (Å²) in [7, 11) is 1.62. The van der Waals surface area contributed by atoms with E-state index in [2.05, 4.69) is 10.6 Å². The second-order valence-corrected chi connectivity index (χ2v) is 6.01. The van der Waals surface area contributed by atoms with Gasteiger partial charge in [0.2, 0.25) is 11.8 Å². The van der Waals surface area contributed by atoms with Gasteiger partial charge in [-0.2, -0.15) is 0 Å². The van der Waals surface area contributed by atoms with Crippen LogP contribution in [0.1, 0.15) is 23.1 Å². The van der Waals surface area contributed by atoms with Crippen LogP contribution >= 0.6 is 0 Å². The van der Waals surface area contributed by atoms with E-state index in [0.717, 1.165) is 22.4 Å². The second kappa shape index (κ2) is 8.87. The fraction of sp³-hybridized carbons (Fsp3) is 0.300. The van der Waals surface area contributed by atoms with Gasteiger partial charge >= 0.3 is 0 Å². The Morgan fingerprint density at radius 1 is 1.00 bits per heavy atom. The van der Waals surface area contributed by atoms with Crippen molar-refractivity contribution in [2.75, 3.05) is 19.0 Å². The molecule has 0 atom stereocenters. The van der Waals surface area contributed by atoms with E-state index >= 15 is 0 Å². The van der Waals surface area contributed by atoms with Crippen molar-refractivity contribution in [2.24, 2.45) is 0 Å². The number of carbonyl (C=O) groups is 2. The molecular weight excluding hydrogens is 316 g/mol. The van der Waals surface area contributed by atoms with E-state index in [0.29, 0.717) is 18.7 Å². The van der Waals surface area contributed by atoms with E-state index in [1.54, 1.807) is 7.11 Å². The molecule has 2 N–H and O–H groups in total. The van der Waals surface area contributed by atoms with Gasteiger partial charge in [0.05, 0.1) is 7.11 Å². The van der Waals surface area contributed by atoms with Crippen molar-refractivity contribution in [1.29, 1.82) is 0 Å². The van der Waals surface area contributed by atoms with E-state index in [1.807, 2.05) is 56.3 Å². The summed E-state index contributed by atoms with van der Waals surface area (Å²) < 4.78 is 5.28. The minimum Gasteiger partial charge on any atom is -0.496 e. The van der Waals surface area contributed by atoms with Crippen LogP contribution < -0.4 is 15.4 Å². The van der Waals surface area contributed by atoms with Crippen LogP contribution in [0.3, 0.4) is 0 Å². The summed E-state index contributed by atoms with van der Waals surface area (Å²) in [5.41, 5.74) is 3.86. The Morgan fingerprint density at radius 2 is 1.68 bits per heavy atom. The van der Waals surface area contributed by atoms with Crippen LogP contribution in [0.2, 0.25) is 0 Å². The number of methoxy groups -OCH3 is 1. The average Bonchev–Trinajstić information content (AvgIpc) is 2.54. The number of amides is 2. The number of carbonyl (C=O) groups excluding carboxylic acids is 2. The van der Waals surface area contributed by atoms with Gasteiger partial charge in [-0.1, -0.05) is 24.3 Å². The maximum atomic E-state index is 12.0. The average molecular weight is 340 g/mol. The first-order valence-corrected chi connectivity index (χ1v) is 8.24. The lowest BCUT2D eigenvalue weighted by molar-refractivity contribution is -0.126. The number of aryl methyl sites for hydroxylation is 2. The molecule has 2 aromatic rings. The van der Waals surface area contributed by atoms with Crippen LogP contribution in [-0.2, 0) is 16.0 Å². The molecule has 2 amide bonds. The number of ether oxygens (including phenoxy) is 1. The lowest BCUT2D eigenvalue weighted by Crippen LogP contribution is -2.29. The van der Waals surface area contributed by atoms with Crippen LogP contribution in [0.15, 0.2) is 42.5 Å². The van der Waals surface area contributed by atoms with Crippen LogP contribution in [0, 0.1) is 13.8 Å². The van der Waals surface area contributed by atoms with E-state index in [1.165, 1.54) is 0 Å². The van der Waals surface area contributed by atoms with Crippen molar-refractivity contribution in [3.05, 3.63) is 59.2 Å². The summed E-state index contributed by atoms with van der Waals surface area (Å²) in [6.07, 6.45) is 0.452. The number of nitrogens with one attached hydrogen (secondary N) is 2. The molecule has 0 heterocycles. The van der Waals surface area contributed by atoms with Crippen molar-refractivity contribution in [2.45, 2.75) is 26.7 Å². The van der Waals surface area contributed by atoms with Gasteiger partial charge in [0, 0.05) is 12.2 Å². The standard InChI is InChI=1S/C20H24N2O3/c1-14-10-15(2)12-17(11-14)22-20(24)13-19(23)21-9-8-16-6-4-5-7-18(16)25-3/h4-7,10-12H,8-9,13H2,1-3H3,(H,21,23)(H,22,24). The maximum Gasteiger partial charge on any atom is 0.233 e. The Bertz CT molecular complexity index is 736. The summed E-state index contributed by atoms with van der Waals surface area (Å²) in [6.45, 7) is 4.39.